The van der Waals surface area contributed by atoms with Crippen molar-refractivity contribution < 1.29 is 0 Å². The van der Waals surface area contributed by atoms with Crippen LogP contribution in [0.25, 0.3) is 0 Å². The van der Waals surface area contributed by atoms with E-state index in [0.29, 0.717) is 0 Å². The average Bonchev–Trinajstić information content (AvgIpc) is 2.33. The highest BCUT2D eigenvalue weighted by Gasteiger charge is 2.33. The molecule has 1 atom stereocenters. The van der Waals surface area contributed by atoms with Gasteiger partial charge in [-0.3, -0.25) is 0 Å². The number of aryl methyl sites for hydroxylation is 2. The molecule has 2 nitrogen and oxygen atoms in total. The standard InChI is InChI=1S/C16H26N2/c1-13-6-7-15(14(2)10-13)11-16(17-3)8-5-9-18(4)12-16/h6-7,10,17H,5,8-9,11-12H2,1-4H3. The Bertz CT molecular complexity index is 414. The van der Waals surface area contributed by atoms with Gasteiger partial charge in [0.15, 0.2) is 0 Å². The molecule has 1 saturated heterocycles. The van der Waals surface area contributed by atoms with Crippen molar-refractivity contribution in [1.29, 1.82) is 0 Å². The van der Waals surface area contributed by atoms with Crippen LogP contribution in [0.2, 0.25) is 0 Å². The van der Waals surface area contributed by atoms with Gasteiger partial charge in [0.25, 0.3) is 0 Å². The Balaban J connectivity index is 2.19. The summed E-state index contributed by atoms with van der Waals surface area (Å²) in [5.41, 5.74) is 4.53. The van der Waals surface area contributed by atoms with E-state index in [4.69, 9.17) is 0 Å². The zero-order valence-corrected chi connectivity index (χ0v) is 12.2. The van der Waals surface area contributed by atoms with Crippen LogP contribution in [0.4, 0.5) is 0 Å². The lowest BCUT2D eigenvalue weighted by molar-refractivity contribution is 0.151. The van der Waals surface area contributed by atoms with Crippen LogP contribution < -0.4 is 5.32 Å². The van der Waals surface area contributed by atoms with E-state index < -0.39 is 0 Å². The molecule has 1 heterocycles. The van der Waals surface area contributed by atoms with Crippen LogP contribution in [0.3, 0.4) is 0 Å². The van der Waals surface area contributed by atoms with Crippen molar-refractivity contribution in [3.8, 4) is 0 Å². The zero-order chi connectivity index (χ0) is 13.2. The van der Waals surface area contributed by atoms with E-state index in [1.807, 2.05) is 0 Å². The fourth-order valence-electron chi connectivity index (χ4n) is 3.21. The number of benzene rings is 1. The van der Waals surface area contributed by atoms with Crippen molar-refractivity contribution >= 4 is 0 Å². The molecule has 0 aliphatic carbocycles. The van der Waals surface area contributed by atoms with Crippen molar-refractivity contribution in [3.63, 3.8) is 0 Å². The summed E-state index contributed by atoms with van der Waals surface area (Å²) in [6, 6.07) is 6.84. The number of rotatable bonds is 3. The molecule has 0 spiro atoms. The van der Waals surface area contributed by atoms with Crippen molar-refractivity contribution in [1.82, 2.24) is 10.2 Å². The van der Waals surface area contributed by atoms with Crippen LogP contribution in [0, 0.1) is 13.8 Å². The van der Waals surface area contributed by atoms with Gasteiger partial charge in [-0.1, -0.05) is 23.8 Å². The molecule has 0 saturated carbocycles. The summed E-state index contributed by atoms with van der Waals surface area (Å²) < 4.78 is 0. The first-order valence-electron chi connectivity index (χ1n) is 6.98. The Morgan fingerprint density at radius 2 is 2.11 bits per heavy atom. The molecule has 0 aromatic heterocycles. The molecule has 0 bridgehead atoms. The van der Waals surface area contributed by atoms with Crippen LogP contribution in [0.1, 0.15) is 29.5 Å². The van der Waals surface area contributed by atoms with Gasteiger partial charge in [-0.25, -0.2) is 0 Å². The van der Waals surface area contributed by atoms with Crippen molar-refractivity contribution in [2.24, 2.45) is 0 Å². The smallest absolute Gasteiger partial charge is 0.0347 e. The molecule has 2 rings (SSSR count). The lowest BCUT2D eigenvalue weighted by Crippen LogP contribution is -2.56. The van der Waals surface area contributed by atoms with Crippen LogP contribution in [0.15, 0.2) is 18.2 Å². The SMILES string of the molecule is CNC1(Cc2ccc(C)cc2C)CCCN(C)C1. The van der Waals surface area contributed by atoms with Gasteiger partial charge in [0.05, 0.1) is 0 Å². The molecular formula is C16H26N2. The molecule has 1 unspecified atom stereocenters. The number of piperidine rings is 1. The van der Waals surface area contributed by atoms with E-state index >= 15 is 0 Å². The lowest BCUT2D eigenvalue weighted by atomic mass is 9.82. The van der Waals surface area contributed by atoms with E-state index in [2.05, 4.69) is 56.4 Å². The first-order chi connectivity index (χ1) is 8.54. The van der Waals surface area contributed by atoms with E-state index in [-0.39, 0.29) is 5.54 Å². The van der Waals surface area contributed by atoms with E-state index in [1.165, 1.54) is 36.1 Å². The molecule has 18 heavy (non-hydrogen) atoms. The molecule has 0 radical (unpaired) electrons. The fourth-order valence-corrected chi connectivity index (χ4v) is 3.21. The van der Waals surface area contributed by atoms with Gasteiger partial charge in [0, 0.05) is 12.1 Å². The highest BCUT2D eigenvalue weighted by atomic mass is 15.2. The lowest BCUT2D eigenvalue weighted by Gasteiger charge is -2.42. The van der Waals surface area contributed by atoms with Crippen LogP contribution in [0.5, 0.6) is 0 Å². The Hall–Kier alpha value is -0.860. The highest BCUT2D eigenvalue weighted by Crippen LogP contribution is 2.26. The third kappa shape index (κ3) is 2.93. The predicted molar refractivity (Wildman–Crippen MR) is 78.1 cm³/mol. The predicted octanol–water partition coefficient (Wildman–Crippen LogP) is 2.53. The molecule has 1 fully saturated rings. The van der Waals surface area contributed by atoms with Gasteiger partial charge in [0.2, 0.25) is 0 Å². The molecule has 1 aromatic carbocycles. The number of hydrogen-bond acceptors (Lipinski definition) is 2. The van der Waals surface area contributed by atoms with Gasteiger partial charge in [-0.15, -0.1) is 0 Å². The summed E-state index contributed by atoms with van der Waals surface area (Å²) in [6.45, 7) is 6.78. The summed E-state index contributed by atoms with van der Waals surface area (Å²) >= 11 is 0. The number of hydrogen-bond donors (Lipinski definition) is 1. The van der Waals surface area contributed by atoms with Crippen LogP contribution in [-0.2, 0) is 6.42 Å². The number of nitrogens with zero attached hydrogens (tertiary/aromatic N) is 1. The Morgan fingerprint density at radius 1 is 1.33 bits per heavy atom. The monoisotopic (exact) mass is 246 g/mol. The molecule has 2 heteroatoms. The fraction of sp³-hybridized carbons (Fsp3) is 0.625. The Kier molecular flexibility index (Phi) is 4.08. The molecular weight excluding hydrogens is 220 g/mol. The zero-order valence-electron chi connectivity index (χ0n) is 12.2. The second-order valence-electron chi connectivity index (χ2n) is 5.98. The average molecular weight is 246 g/mol. The third-order valence-electron chi connectivity index (χ3n) is 4.33. The van der Waals surface area contributed by atoms with Gasteiger partial charge < -0.3 is 10.2 Å². The van der Waals surface area contributed by atoms with Crippen molar-refractivity contribution in [2.45, 2.75) is 38.6 Å². The van der Waals surface area contributed by atoms with Crippen molar-refractivity contribution in [2.75, 3.05) is 27.2 Å². The normalized spacial score (nSPS) is 25.3. The minimum absolute atomic E-state index is 0.257. The minimum atomic E-state index is 0.257. The number of likely N-dealkylation sites (tertiary alicyclic amines) is 1. The van der Waals surface area contributed by atoms with Gasteiger partial charge in [-0.05, 0) is 64.9 Å². The summed E-state index contributed by atoms with van der Waals surface area (Å²) in [7, 11) is 4.34. The first-order valence-corrected chi connectivity index (χ1v) is 6.98. The maximum atomic E-state index is 3.60. The van der Waals surface area contributed by atoms with Gasteiger partial charge in [0.1, 0.15) is 0 Å². The van der Waals surface area contributed by atoms with Crippen LogP contribution >= 0.6 is 0 Å². The topological polar surface area (TPSA) is 15.3 Å². The van der Waals surface area contributed by atoms with E-state index in [0.717, 1.165) is 13.0 Å². The van der Waals surface area contributed by atoms with Gasteiger partial charge in [-0.2, -0.15) is 0 Å². The molecule has 1 aliphatic rings. The molecule has 1 aliphatic heterocycles. The van der Waals surface area contributed by atoms with Gasteiger partial charge >= 0.3 is 0 Å². The molecule has 100 valence electrons. The summed E-state index contributed by atoms with van der Waals surface area (Å²) in [6.07, 6.45) is 3.71. The first kappa shape index (κ1) is 13.6. The third-order valence-corrected chi connectivity index (χ3v) is 4.33. The summed E-state index contributed by atoms with van der Waals surface area (Å²) in [5, 5.41) is 3.60. The van der Waals surface area contributed by atoms with E-state index in [1.54, 1.807) is 0 Å². The Labute approximate surface area is 111 Å². The summed E-state index contributed by atoms with van der Waals surface area (Å²) in [5.74, 6) is 0. The molecule has 1 aromatic rings. The largest absolute Gasteiger partial charge is 0.313 e. The molecule has 0 amide bonds. The summed E-state index contributed by atoms with van der Waals surface area (Å²) in [4.78, 5) is 2.45. The number of likely N-dealkylation sites (N-methyl/N-ethyl adjacent to an activating group) is 2. The number of nitrogens with one attached hydrogen (secondary N) is 1. The maximum Gasteiger partial charge on any atom is 0.0347 e. The maximum absolute atomic E-state index is 3.60. The quantitative estimate of drug-likeness (QED) is 0.881. The highest BCUT2D eigenvalue weighted by molar-refractivity contribution is 5.32. The molecule has 1 N–H and O–H groups in total. The second kappa shape index (κ2) is 5.41. The van der Waals surface area contributed by atoms with Crippen LogP contribution in [-0.4, -0.2) is 37.6 Å². The Morgan fingerprint density at radius 3 is 2.72 bits per heavy atom. The second-order valence-corrected chi connectivity index (χ2v) is 5.98. The van der Waals surface area contributed by atoms with Crippen molar-refractivity contribution in [3.05, 3.63) is 34.9 Å². The van der Waals surface area contributed by atoms with E-state index in [9.17, 15) is 0 Å². The minimum Gasteiger partial charge on any atom is -0.313 e.